The quantitative estimate of drug-likeness (QED) is 0.786. The van der Waals surface area contributed by atoms with Gasteiger partial charge < -0.3 is 10.5 Å². The first-order valence-corrected chi connectivity index (χ1v) is 4.85. The van der Waals surface area contributed by atoms with Crippen LogP contribution in [0.3, 0.4) is 0 Å². The van der Waals surface area contributed by atoms with E-state index in [0.717, 1.165) is 0 Å². The zero-order chi connectivity index (χ0) is 11.5. The first-order chi connectivity index (χ1) is 7.66. The van der Waals surface area contributed by atoms with Gasteiger partial charge in [-0.3, -0.25) is 9.67 Å². The van der Waals surface area contributed by atoms with E-state index in [1.807, 2.05) is 0 Å². The Balaban J connectivity index is 2.31. The molecule has 0 atom stereocenters. The molecule has 0 aliphatic rings. The second-order valence-corrected chi connectivity index (χ2v) is 3.48. The third-order valence-electron chi connectivity index (χ3n) is 1.83. The van der Waals surface area contributed by atoms with Crippen molar-refractivity contribution >= 4 is 17.2 Å². The van der Waals surface area contributed by atoms with Crippen LogP contribution < -0.4 is 10.5 Å². The van der Waals surface area contributed by atoms with Gasteiger partial charge >= 0.3 is 6.01 Å². The maximum absolute atomic E-state index is 5.55. The number of rotatable bonds is 3. The van der Waals surface area contributed by atoms with Gasteiger partial charge in [0.1, 0.15) is 11.3 Å². The number of aromatic nitrogens is 4. The van der Waals surface area contributed by atoms with E-state index in [-0.39, 0.29) is 11.0 Å². The van der Waals surface area contributed by atoms with E-state index in [9.17, 15) is 0 Å². The zero-order valence-corrected chi connectivity index (χ0v) is 9.31. The lowest BCUT2D eigenvalue weighted by Gasteiger charge is -2.05. The van der Waals surface area contributed by atoms with Crippen LogP contribution in [0.4, 0.5) is 0 Å². The van der Waals surface area contributed by atoms with E-state index in [2.05, 4.69) is 15.1 Å². The van der Waals surface area contributed by atoms with Gasteiger partial charge in [-0.25, -0.2) is 0 Å². The summed E-state index contributed by atoms with van der Waals surface area (Å²) in [6.07, 6.45) is 4.64. The van der Waals surface area contributed by atoms with E-state index >= 15 is 0 Å². The largest absolute Gasteiger partial charge is 0.421 e. The molecule has 6 nitrogen and oxygen atoms in total. The molecule has 7 heteroatoms. The van der Waals surface area contributed by atoms with Gasteiger partial charge in [-0.1, -0.05) is 12.2 Å². The van der Waals surface area contributed by atoms with E-state index in [1.54, 1.807) is 19.3 Å². The number of pyridine rings is 1. The van der Waals surface area contributed by atoms with Gasteiger partial charge in [-0.2, -0.15) is 4.98 Å². The molecule has 2 rings (SSSR count). The Labute approximate surface area is 97.1 Å². The second kappa shape index (κ2) is 4.23. The highest BCUT2D eigenvalue weighted by atomic mass is 32.1. The minimum absolute atomic E-state index is 0.230. The molecule has 0 bridgehead atoms. The number of nitrogens with zero attached hydrogens (tertiary/aromatic N) is 4. The average molecular weight is 235 g/mol. The fraction of sp³-hybridized carbons (Fsp3) is 0.111. The van der Waals surface area contributed by atoms with Crippen molar-refractivity contribution in [1.29, 1.82) is 0 Å². The number of nitrogens with two attached hydrogens (primary N) is 1. The lowest BCUT2D eigenvalue weighted by atomic mass is 10.2. The Bertz CT molecular complexity index is 524. The lowest BCUT2D eigenvalue weighted by Crippen LogP contribution is -2.11. The number of ether oxygens (including phenoxy) is 1. The number of hydrogen-bond donors (Lipinski definition) is 1. The van der Waals surface area contributed by atoms with Crippen molar-refractivity contribution in [2.75, 3.05) is 0 Å². The highest BCUT2D eigenvalue weighted by Gasteiger charge is 2.09. The van der Waals surface area contributed by atoms with Crippen LogP contribution in [0.2, 0.25) is 0 Å². The smallest absolute Gasteiger partial charge is 0.341 e. The Morgan fingerprint density at radius 3 is 3.00 bits per heavy atom. The SMILES string of the molecule is Cn1cnc(Oc2cnccc2C(N)=S)n1. The molecule has 2 N–H and O–H groups in total. The Kier molecular flexibility index (Phi) is 2.78. The molecule has 0 unspecified atom stereocenters. The van der Waals surface area contributed by atoms with Gasteiger partial charge in [0.15, 0.2) is 5.75 Å². The molecule has 2 aromatic heterocycles. The Hall–Kier alpha value is -2.02. The Morgan fingerprint density at radius 1 is 1.56 bits per heavy atom. The van der Waals surface area contributed by atoms with Crippen molar-refractivity contribution in [3.8, 4) is 11.8 Å². The molecule has 0 saturated heterocycles. The van der Waals surface area contributed by atoms with Gasteiger partial charge in [0, 0.05) is 13.2 Å². The molecule has 0 aliphatic heterocycles. The summed E-state index contributed by atoms with van der Waals surface area (Å²) in [5.41, 5.74) is 6.16. The standard InChI is InChI=1S/C9H9N5OS/c1-14-5-12-9(13-14)15-7-4-11-3-2-6(7)8(10)16/h2-5H,1H3,(H2,10,16). The summed E-state index contributed by atoms with van der Waals surface area (Å²) < 4.78 is 6.95. The highest BCUT2D eigenvalue weighted by molar-refractivity contribution is 7.80. The van der Waals surface area contributed by atoms with Crippen molar-refractivity contribution in [3.63, 3.8) is 0 Å². The van der Waals surface area contributed by atoms with Gasteiger partial charge in [-0.15, -0.1) is 5.10 Å². The van der Waals surface area contributed by atoms with Crippen molar-refractivity contribution in [2.24, 2.45) is 12.8 Å². The van der Waals surface area contributed by atoms with Gasteiger partial charge in [-0.05, 0) is 6.07 Å². The Morgan fingerprint density at radius 2 is 2.38 bits per heavy atom. The fourth-order valence-corrected chi connectivity index (χ4v) is 1.30. The van der Waals surface area contributed by atoms with Crippen LogP contribution in [0.25, 0.3) is 0 Å². The monoisotopic (exact) mass is 235 g/mol. The molecule has 82 valence electrons. The molecule has 0 radical (unpaired) electrons. The van der Waals surface area contributed by atoms with E-state index in [0.29, 0.717) is 11.3 Å². The van der Waals surface area contributed by atoms with Crippen LogP contribution >= 0.6 is 12.2 Å². The number of thiocarbonyl (C=S) groups is 1. The van der Waals surface area contributed by atoms with Crippen LogP contribution in [-0.4, -0.2) is 24.7 Å². The minimum Gasteiger partial charge on any atom is -0.421 e. The first kappa shape index (κ1) is 10.5. The van der Waals surface area contributed by atoms with Crippen LogP contribution in [0.1, 0.15) is 5.56 Å². The fourth-order valence-electron chi connectivity index (χ4n) is 1.13. The topological polar surface area (TPSA) is 78.8 Å². The van der Waals surface area contributed by atoms with Crippen molar-refractivity contribution in [3.05, 3.63) is 30.4 Å². The maximum Gasteiger partial charge on any atom is 0.341 e. The molecular formula is C9H9N5OS. The molecule has 0 aromatic carbocycles. The summed E-state index contributed by atoms with van der Waals surface area (Å²) >= 11 is 4.89. The van der Waals surface area contributed by atoms with Gasteiger partial charge in [0.2, 0.25) is 0 Å². The molecule has 0 aliphatic carbocycles. The summed E-state index contributed by atoms with van der Waals surface area (Å²) in [5, 5.41) is 3.98. The molecule has 2 aromatic rings. The predicted octanol–water partition coefficient (Wildman–Crippen LogP) is 0.637. The first-order valence-electron chi connectivity index (χ1n) is 4.44. The van der Waals surface area contributed by atoms with E-state index < -0.39 is 0 Å². The lowest BCUT2D eigenvalue weighted by molar-refractivity contribution is 0.436. The van der Waals surface area contributed by atoms with Gasteiger partial charge in [0.25, 0.3) is 0 Å². The molecule has 2 heterocycles. The van der Waals surface area contributed by atoms with E-state index in [1.165, 1.54) is 17.2 Å². The van der Waals surface area contributed by atoms with Crippen LogP contribution in [0, 0.1) is 0 Å². The molecule has 0 fully saturated rings. The predicted molar refractivity (Wildman–Crippen MR) is 61.2 cm³/mol. The normalized spacial score (nSPS) is 10.1. The summed E-state index contributed by atoms with van der Waals surface area (Å²) in [6.45, 7) is 0. The number of hydrogen-bond acceptors (Lipinski definition) is 5. The summed E-state index contributed by atoms with van der Waals surface area (Å²) in [6, 6.07) is 1.91. The maximum atomic E-state index is 5.55. The molecule has 0 spiro atoms. The third kappa shape index (κ3) is 2.14. The van der Waals surface area contributed by atoms with Crippen molar-refractivity contribution in [2.45, 2.75) is 0 Å². The average Bonchev–Trinajstić information content (AvgIpc) is 2.64. The molecule has 0 saturated carbocycles. The minimum atomic E-state index is 0.230. The zero-order valence-electron chi connectivity index (χ0n) is 8.49. The second-order valence-electron chi connectivity index (χ2n) is 3.04. The van der Waals surface area contributed by atoms with Crippen LogP contribution in [-0.2, 0) is 7.05 Å². The van der Waals surface area contributed by atoms with Crippen LogP contribution in [0.5, 0.6) is 11.8 Å². The highest BCUT2D eigenvalue weighted by Crippen LogP contribution is 2.20. The molecular weight excluding hydrogens is 226 g/mol. The molecule has 0 amide bonds. The number of aryl methyl sites for hydroxylation is 1. The van der Waals surface area contributed by atoms with Crippen LogP contribution in [0.15, 0.2) is 24.8 Å². The summed E-state index contributed by atoms with van der Waals surface area (Å²) in [4.78, 5) is 8.10. The van der Waals surface area contributed by atoms with Gasteiger partial charge in [0.05, 0.1) is 11.8 Å². The summed E-state index contributed by atoms with van der Waals surface area (Å²) in [7, 11) is 1.75. The summed E-state index contributed by atoms with van der Waals surface area (Å²) in [5.74, 6) is 0.446. The third-order valence-corrected chi connectivity index (χ3v) is 2.05. The molecule has 16 heavy (non-hydrogen) atoms. The van der Waals surface area contributed by atoms with Crippen molar-refractivity contribution < 1.29 is 4.74 Å². The van der Waals surface area contributed by atoms with Crippen molar-refractivity contribution in [1.82, 2.24) is 19.7 Å². The van der Waals surface area contributed by atoms with E-state index in [4.69, 9.17) is 22.7 Å².